The van der Waals surface area contributed by atoms with Crippen molar-refractivity contribution >= 4 is 5.97 Å². The third kappa shape index (κ3) is 4.04. The summed E-state index contributed by atoms with van der Waals surface area (Å²) in [6, 6.07) is 0. The van der Waals surface area contributed by atoms with Crippen molar-refractivity contribution < 1.29 is 45.0 Å². The van der Waals surface area contributed by atoms with Gasteiger partial charge < -0.3 is 4.74 Å². The summed E-state index contributed by atoms with van der Waals surface area (Å²) in [4.78, 5) is 10.1. The maximum absolute atomic E-state index is 12.3. The fourth-order valence-electron chi connectivity index (χ4n) is 0.432. The van der Waals surface area contributed by atoms with Crippen LogP contribution in [0.3, 0.4) is 0 Å². The van der Waals surface area contributed by atoms with Crippen LogP contribution < -0.4 is 0 Å². The van der Waals surface area contributed by atoms with E-state index in [1.165, 1.54) is 0 Å². The van der Waals surface area contributed by atoms with E-state index in [1.807, 2.05) is 4.74 Å². The number of alkyl halides is 7. The third-order valence-electron chi connectivity index (χ3n) is 0.978. The van der Waals surface area contributed by atoms with Gasteiger partial charge in [-0.1, -0.05) is 6.58 Å². The monoisotopic (exact) mass is 256 g/mol. The minimum absolute atomic E-state index is 0.0670. The Morgan fingerprint density at radius 3 is 1.75 bits per heavy atom. The van der Waals surface area contributed by atoms with Gasteiger partial charge in [0.15, 0.2) is 0 Å². The average molecular weight is 256 g/mol. The van der Waals surface area contributed by atoms with Crippen molar-refractivity contribution in [3.63, 3.8) is 0 Å². The molecule has 0 radical (unpaired) electrons. The lowest BCUT2D eigenvalue weighted by atomic mass is 10.5. The molecular weight excluding hydrogens is 253 g/mol. The molecule has 3 nitrogen and oxygen atoms in total. The van der Waals surface area contributed by atoms with Crippen LogP contribution in [0.1, 0.15) is 0 Å². The SMILES string of the molecule is C=CC(=O)OC(F)(F)C(F)(F)OC(F)(F)F. The quantitative estimate of drug-likeness (QED) is 0.440. The lowest BCUT2D eigenvalue weighted by molar-refractivity contribution is -0.497. The first-order valence-electron chi connectivity index (χ1n) is 3.29. The number of carbonyl (C=O) groups is 1. The zero-order valence-corrected chi connectivity index (χ0v) is 7.15. The van der Waals surface area contributed by atoms with E-state index in [0.717, 1.165) is 0 Å². The van der Waals surface area contributed by atoms with Crippen molar-refractivity contribution in [2.45, 2.75) is 18.6 Å². The zero-order valence-electron chi connectivity index (χ0n) is 7.15. The molecule has 0 unspecified atom stereocenters. The first kappa shape index (κ1) is 14.7. The highest BCUT2D eigenvalue weighted by Crippen LogP contribution is 2.40. The van der Waals surface area contributed by atoms with Gasteiger partial charge in [-0.25, -0.2) is 9.53 Å². The van der Waals surface area contributed by atoms with E-state index in [0.29, 0.717) is 0 Å². The second kappa shape index (κ2) is 4.28. The molecular formula is C6H3F7O3. The van der Waals surface area contributed by atoms with Crippen LogP contribution in [0.2, 0.25) is 0 Å². The first-order valence-corrected chi connectivity index (χ1v) is 3.29. The summed E-state index contributed by atoms with van der Waals surface area (Å²) in [6.45, 7) is 2.59. The van der Waals surface area contributed by atoms with E-state index in [9.17, 15) is 35.5 Å². The molecule has 0 saturated carbocycles. The Kier molecular flexibility index (Phi) is 3.92. The molecule has 0 aliphatic heterocycles. The minimum Gasteiger partial charge on any atom is -0.391 e. The summed E-state index contributed by atoms with van der Waals surface area (Å²) < 4.78 is 87.5. The van der Waals surface area contributed by atoms with Crippen LogP contribution in [-0.2, 0) is 14.3 Å². The Morgan fingerprint density at radius 2 is 1.44 bits per heavy atom. The second-order valence-corrected chi connectivity index (χ2v) is 2.21. The highest BCUT2D eigenvalue weighted by atomic mass is 19.4. The van der Waals surface area contributed by atoms with Gasteiger partial charge in [-0.3, -0.25) is 0 Å². The van der Waals surface area contributed by atoms with E-state index in [1.54, 1.807) is 0 Å². The molecule has 0 aromatic rings. The van der Waals surface area contributed by atoms with Crippen LogP contribution in [0.5, 0.6) is 0 Å². The Bertz CT molecular complexity index is 282. The van der Waals surface area contributed by atoms with Crippen LogP contribution in [0.15, 0.2) is 12.7 Å². The normalized spacial score (nSPS) is 13.4. The molecule has 0 fully saturated rings. The van der Waals surface area contributed by atoms with Crippen LogP contribution >= 0.6 is 0 Å². The largest absolute Gasteiger partial charge is 0.527 e. The summed E-state index contributed by atoms with van der Waals surface area (Å²) in [7, 11) is 0. The summed E-state index contributed by atoms with van der Waals surface area (Å²) in [5, 5.41) is 0. The predicted octanol–water partition coefficient (Wildman–Crippen LogP) is 2.44. The first-order chi connectivity index (χ1) is 6.91. The summed E-state index contributed by atoms with van der Waals surface area (Å²) in [5.74, 6) is -2.03. The van der Waals surface area contributed by atoms with E-state index in [4.69, 9.17) is 0 Å². The highest BCUT2D eigenvalue weighted by Gasteiger charge is 2.66. The van der Waals surface area contributed by atoms with Gasteiger partial charge in [0, 0.05) is 6.08 Å². The Labute approximate surface area is 83.4 Å². The van der Waals surface area contributed by atoms with Crippen molar-refractivity contribution in [2.24, 2.45) is 0 Å². The number of esters is 1. The molecule has 0 amide bonds. The van der Waals surface area contributed by atoms with Gasteiger partial charge in [-0.15, -0.1) is 13.2 Å². The maximum Gasteiger partial charge on any atom is 0.527 e. The molecule has 0 aromatic heterocycles. The third-order valence-corrected chi connectivity index (χ3v) is 0.978. The lowest BCUT2D eigenvalue weighted by Crippen LogP contribution is -2.48. The fourth-order valence-corrected chi connectivity index (χ4v) is 0.432. The molecule has 0 N–H and O–H groups in total. The molecule has 0 bridgehead atoms. The van der Waals surface area contributed by atoms with E-state index in [-0.39, 0.29) is 6.08 Å². The molecule has 10 heteroatoms. The van der Waals surface area contributed by atoms with Gasteiger partial charge >= 0.3 is 24.5 Å². The van der Waals surface area contributed by atoms with Gasteiger partial charge in [0.25, 0.3) is 0 Å². The number of hydrogen-bond donors (Lipinski definition) is 0. The molecule has 0 saturated heterocycles. The number of ether oxygens (including phenoxy) is 2. The van der Waals surface area contributed by atoms with Gasteiger partial charge in [0.05, 0.1) is 0 Å². The molecule has 0 aliphatic rings. The van der Waals surface area contributed by atoms with Crippen molar-refractivity contribution in [1.82, 2.24) is 0 Å². The van der Waals surface area contributed by atoms with E-state index >= 15 is 0 Å². The number of rotatable bonds is 4. The summed E-state index contributed by atoms with van der Waals surface area (Å²) >= 11 is 0. The maximum atomic E-state index is 12.3. The zero-order chi connectivity index (χ0) is 13.2. The number of halogens is 7. The van der Waals surface area contributed by atoms with Crippen LogP contribution in [0.4, 0.5) is 30.7 Å². The van der Waals surface area contributed by atoms with Crippen molar-refractivity contribution in [3.8, 4) is 0 Å². The smallest absolute Gasteiger partial charge is 0.391 e. The molecule has 0 atom stereocenters. The van der Waals surface area contributed by atoms with Crippen molar-refractivity contribution in [3.05, 3.63) is 12.7 Å². The molecule has 0 heterocycles. The standard InChI is InChI=1S/C6H3F7O3/c1-2-3(14)15-4(7,8)5(9,10)16-6(11,12)13/h2H,1H2. The van der Waals surface area contributed by atoms with Crippen LogP contribution in [0, 0.1) is 0 Å². The molecule has 0 rings (SSSR count). The Hall–Kier alpha value is -1.32. The highest BCUT2D eigenvalue weighted by molar-refractivity contribution is 5.81. The molecule has 94 valence electrons. The van der Waals surface area contributed by atoms with Crippen LogP contribution in [0.25, 0.3) is 0 Å². The van der Waals surface area contributed by atoms with Gasteiger partial charge in [-0.05, 0) is 0 Å². The van der Waals surface area contributed by atoms with Crippen molar-refractivity contribution in [2.75, 3.05) is 0 Å². The molecule has 16 heavy (non-hydrogen) atoms. The van der Waals surface area contributed by atoms with Gasteiger partial charge in [0.2, 0.25) is 0 Å². The molecule has 0 aliphatic carbocycles. The fraction of sp³-hybridized carbons (Fsp3) is 0.500. The summed E-state index contributed by atoms with van der Waals surface area (Å²) in [6.07, 6.45) is -17.8. The van der Waals surface area contributed by atoms with E-state index < -0.39 is 24.5 Å². The number of hydrogen-bond acceptors (Lipinski definition) is 3. The molecule has 0 spiro atoms. The Morgan fingerprint density at radius 1 is 1.00 bits per heavy atom. The number of carbonyl (C=O) groups excluding carboxylic acids is 1. The van der Waals surface area contributed by atoms with Crippen molar-refractivity contribution in [1.29, 1.82) is 0 Å². The van der Waals surface area contributed by atoms with Gasteiger partial charge in [0.1, 0.15) is 0 Å². The average Bonchev–Trinajstić information content (AvgIpc) is 1.98. The topological polar surface area (TPSA) is 35.5 Å². The van der Waals surface area contributed by atoms with E-state index in [2.05, 4.69) is 11.3 Å². The minimum atomic E-state index is -6.04. The lowest BCUT2D eigenvalue weighted by Gasteiger charge is -2.25. The van der Waals surface area contributed by atoms with Gasteiger partial charge in [-0.2, -0.15) is 17.6 Å². The summed E-state index contributed by atoms with van der Waals surface area (Å²) in [5.41, 5.74) is 0. The predicted molar refractivity (Wildman–Crippen MR) is 33.3 cm³/mol. The second-order valence-electron chi connectivity index (χ2n) is 2.21. The Balaban J connectivity index is 4.83. The molecule has 0 aromatic carbocycles. The van der Waals surface area contributed by atoms with Crippen LogP contribution in [-0.4, -0.2) is 24.5 Å².